The zero-order chi connectivity index (χ0) is 33.8. The molecular weight excluding hydrogens is 598 g/mol. The van der Waals surface area contributed by atoms with Crippen molar-refractivity contribution in [1.82, 2.24) is 25.0 Å². The summed E-state index contributed by atoms with van der Waals surface area (Å²) in [5, 5.41) is 3.45. The Hall–Kier alpha value is -5.18. The van der Waals surface area contributed by atoms with Crippen LogP contribution >= 0.6 is 0 Å². The lowest BCUT2D eigenvalue weighted by atomic mass is 10.2. The van der Waals surface area contributed by atoms with Gasteiger partial charge in [-0.25, -0.2) is 4.99 Å². The number of carbonyl (C=O) groups is 4. The minimum Gasteiger partial charge on any atom is -0.461 e. The number of hydrogen-bond donors (Lipinski definition) is 2. The van der Waals surface area contributed by atoms with E-state index >= 15 is 0 Å². The molecule has 0 atom stereocenters. The van der Waals surface area contributed by atoms with Crippen molar-refractivity contribution >= 4 is 46.2 Å². The van der Waals surface area contributed by atoms with Crippen molar-refractivity contribution in [2.45, 2.75) is 58.3 Å². The molecule has 3 N–H and O–H groups in total. The summed E-state index contributed by atoms with van der Waals surface area (Å²) in [5.74, 6) is 0.433. The summed E-state index contributed by atoms with van der Waals surface area (Å²) in [7, 11) is 0. The highest BCUT2D eigenvalue weighted by Crippen LogP contribution is 2.24. The second-order valence-corrected chi connectivity index (χ2v) is 11.7. The van der Waals surface area contributed by atoms with Crippen LogP contribution in [0.2, 0.25) is 0 Å². The lowest BCUT2D eigenvalue weighted by Gasteiger charge is -2.23. The van der Waals surface area contributed by atoms with Gasteiger partial charge >= 0.3 is 0 Å². The normalized spacial score (nSPS) is 16.5. The van der Waals surface area contributed by atoms with Gasteiger partial charge in [0.05, 0.1) is 12.2 Å². The van der Waals surface area contributed by atoms with Crippen LogP contribution in [-0.4, -0.2) is 88.5 Å². The third-order valence-electron chi connectivity index (χ3n) is 8.21. The number of terminal acetylenes is 1. The number of aromatic nitrogens is 1. The van der Waals surface area contributed by atoms with E-state index in [4.69, 9.17) is 10.2 Å². The molecule has 0 radical (unpaired) electrons. The molecule has 2 aromatic heterocycles. The molecule has 12 heteroatoms. The van der Waals surface area contributed by atoms with E-state index in [0.717, 1.165) is 94.4 Å². The smallest absolute Gasteiger partial charge is 0.272 e. The van der Waals surface area contributed by atoms with E-state index in [-0.39, 0.29) is 29.4 Å². The number of aliphatic imine (C=N–C) groups is 1. The summed E-state index contributed by atoms with van der Waals surface area (Å²) in [4.78, 5) is 62.3. The quantitative estimate of drug-likeness (QED) is 0.242. The van der Waals surface area contributed by atoms with Crippen LogP contribution < -0.4 is 11.1 Å². The molecule has 3 aromatic rings. The highest BCUT2D eigenvalue weighted by Gasteiger charge is 2.24. The molecule has 3 aliphatic heterocycles. The fraction of sp³-hybridized carbons (Fsp3) is 0.429. The van der Waals surface area contributed by atoms with Crippen LogP contribution in [-0.2, 0) is 9.59 Å². The molecule has 12 nitrogen and oxygen atoms in total. The maximum atomic E-state index is 12.5. The third-order valence-corrected chi connectivity index (χ3v) is 8.21. The number of nitrogens with one attached hydrogen (secondary N) is 1. The van der Waals surface area contributed by atoms with Gasteiger partial charge in [-0.3, -0.25) is 29.5 Å². The van der Waals surface area contributed by atoms with E-state index in [1.54, 1.807) is 21.9 Å². The molecule has 4 amide bonds. The van der Waals surface area contributed by atoms with Crippen LogP contribution in [0.25, 0.3) is 11.0 Å². The van der Waals surface area contributed by atoms with E-state index in [0.29, 0.717) is 24.2 Å². The third kappa shape index (κ3) is 9.66. The van der Waals surface area contributed by atoms with Crippen LogP contribution in [0.4, 0.5) is 5.69 Å². The first-order valence-corrected chi connectivity index (χ1v) is 16.1. The Morgan fingerprint density at radius 2 is 1.60 bits per heavy atom. The largest absolute Gasteiger partial charge is 0.461 e. The number of pyridine rings is 1. The number of furan rings is 1. The molecule has 0 aliphatic carbocycles. The number of hydrogen-bond acceptors (Lipinski definition) is 7. The summed E-state index contributed by atoms with van der Waals surface area (Å²) < 4.78 is 5.53. The monoisotopic (exact) mass is 641 g/mol. The minimum atomic E-state index is -0.454. The number of aryl methyl sites for hydroxylation is 1. The van der Waals surface area contributed by atoms with Crippen LogP contribution in [0.3, 0.4) is 0 Å². The molecule has 6 rings (SSSR count). The maximum Gasteiger partial charge on any atom is 0.272 e. The van der Waals surface area contributed by atoms with E-state index in [9.17, 15) is 19.2 Å². The van der Waals surface area contributed by atoms with Gasteiger partial charge in [-0.2, -0.15) is 0 Å². The number of amides is 4. The fourth-order valence-electron chi connectivity index (χ4n) is 5.80. The van der Waals surface area contributed by atoms with Crippen LogP contribution in [0.1, 0.15) is 78.0 Å². The van der Waals surface area contributed by atoms with Gasteiger partial charge in [0.15, 0.2) is 0 Å². The Morgan fingerprint density at radius 1 is 0.915 bits per heavy atom. The average molecular weight is 642 g/mol. The molecule has 3 saturated heterocycles. The molecule has 5 heterocycles. The fourth-order valence-corrected chi connectivity index (χ4v) is 5.80. The molecule has 3 fully saturated rings. The minimum absolute atomic E-state index is 0.0428. The van der Waals surface area contributed by atoms with Crippen molar-refractivity contribution in [2.75, 3.05) is 39.3 Å². The lowest BCUT2D eigenvalue weighted by Crippen LogP contribution is -2.41. The highest BCUT2D eigenvalue weighted by molar-refractivity contribution is 6.07. The first-order chi connectivity index (χ1) is 22.8. The molecule has 0 saturated carbocycles. The second kappa shape index (κ2) is 16.9. The number of fused-ring (bicyclic) bond motifs is 1. The number of nitrogens with zero attached hydrogens (tertiary/aromatic N) is 5. The summed E-state index contributed by atoms with van der Waals surface area (Å²) >= 11 is 0. The molecule has 47 heavy (non-hydrogen) atoms. The molecular formula is C35H43N7O5. The van der Waals surface area contributed by atoms with Gasteiger partial charge in [-0.1, -0.05) is 6.42 Å². The molecule has 248 valence electrons. The summed E-state index contributed by atoms with van der Waals surface area (Å²) in [6.45, 7) is 6.13. The number of benzene rings is 1. The number of carbonyl (C=O) groups excluding carboxylic acids is 4. The Morgan fingerprint density at radius 3 is 2.32 bits per heavy atom. The number of guanidine groups is 1. The van der Waals surface area contributed by atoms with Crippen molar-refractivity contribution in [3.63, 3.8) is 0 Å². The molecule has 0 bridgehead atoms. The summed E-state index contributed by atoms with van der Waals surface area (Å²) in [6.07, 6.45) is 17.4. The van der Waals surface area contributed by atoms with Gasteiger partial charge in [-0.05, 0) is 81.8 Å². The first kappa shape index (κ1) is 34.7. The predicted octanol–water partition coefficient (Wildman–Crippen LogP) is 4.01. The van der Waals surface area contributed by atoms with E-state index in [2.05, 4.69) is 28.1 Å². The van der Waals surface area contributed by atoms with Crippen molar-refractivity contribution in [3.05, 3.63) is 59.6 Å². The van der Waals surface area contributed by atoms with Gasteiger partial charge < -0.3 is 24.9 Å². The SMILES string of the molecule is C#C.Cc1cc2cc(N=C(N)NC(=O)c3ccnc(C(=O)N4CCCC4)c3)ccc2o1.O=C(CN1CCCCCC1=O)N1CCCC1. The predicted molar refractivity (Wildman–Crippen MR) is 180 cm³/mol. The number of rotatable bonds is 5. The lowest BCUT2D eigenvalue weighted by molar-refractivity contribution is -0.139. The average Bonchev–Trinajstić information content (AvgIpc) is 3.85. The van der Waals surface area contributed by atoms with E-state index in [1.807, 2.05) is 24.0 Å². The van der Waals surface area contributed by atoms with Crippen LogP contribution in [0, 0.1) is 19.8 Å². The first-order valence-electron chi connectivity index (χ1n) is 16.1. The van der Waals surface area contributed by atoms with Crippen molar-refractivity contribution in [2.24, 2.45) is 10.7 Å². The number of nitrogens with two attached hydrogens (primary N) is 1. The highest BCUT2D eigenvalue weighted by atomic mass is 16.3. The zero-order valence-electron chi connectivity index (χ0n) is 27.0. The Labute approximate surface area is 275 Å². The Bertz CT molecular complexity index is 1620. The van der Waals surface area contributed by atoms with Gasteiger partial charge in [-0.15, -0.1) is 12.8 Å². The van der Waals surface area contributed by atoms with Crippen molar-refractivity contribution in [1.29, 1.82) is 0 Å². The number of likely N-dealkylation sites (tertiary alicyclic amines) is 3. The van der Waals surface area contributed by atoms with Gasteiger partial charge in [0.25, 0.3) is 11.8 Å². The van der Waals surface area contributed by atoms with Gasteiger partial charge in [0, 0.05) is 56.3 Å². The zero-order valence-corrected chi connectivity index (χ0v) is 27.0. The van der Waals surface area contributed by atoms with E-state index in [1.165, 1.54) is 18.3 Å². The standard InChI is InChI=1S/C21H21N5O3.C12H20N2O2.C2H2/c1-13-10-15-11-16(4-5-18(15)29-13)24-21(22)25-19(27)14-6-7-23-17(12-14)20(28)26-8-2-3-9-26;15-11-6-2-1-3-9-14(11)10-12(16)13-7-4-5-8-13;1-2/h4-7,10-12H,2-3,8-9H2,1H3,(H3,22,24,25,27);1-10H2;1-2H. The van der Waals surface area contributed by atoms with Crippen LogP contribution in [0.5, 0.6) is 0 Å². The van der Waals surface area contributed by atoms with Crippen molar-refractivity contribution in [3.8, 4) is 12.8 Å². The van der Waals surface area contributed by atoms with Gasteiger partial charge in [0.1, 0.15) is 17.0 Å². The molecule has 3 aliphatic rings. The maximum absolute atomic E-state index is 12.5. The Balaban J connectivity index is 0.000000235. The molecule has 1 aromatic carbocycles. The topological polar surface area (TPSA) is 154 Å². The molecule has 0 unspecified atom stereocenters. The van der Waals surface area contributed by atoms with Crippen molar-refractivity contribution < 1.29 is 23.6 Å². The summed E-state index contributed by atoms with van der Waals surface area (Å²) in [5.41, 5.74) is 7.79. The van der Waals surface area contributed by atoms with E-state index < -0.39 is 5.91 Å². The summed E-state index contributed by atoms with van der Waals surface area (Å²) in [6, 6.07) is 10.3. The second-order valence-electron chi connectivity index (χ2n) is 11.7. The molecule has 0 spiro atoms. The van der Waals surface area contributed by atoms with Crippen LogP contribution in [0.15, 0.2) is 52.0 Å². The Kier molecular flexibility index (Phi) is 12.5. The van der Waals surface area contributed by atoms with Gasteiger partial charge in [0.2, 0.25) is 17.8 Å².